The van der Waals surface area contributed by atoms with Crippen molar-refractivity contribution in [2.75, 3.05) is 0 Å². The van der Waals surface area contributed by atoms with Crippen LogP contribution in [-0.4, -0.2) is 71.1 Å². The maximum atomic E-state index is 14.3. The first-order chi connectivity index (χ1) is 16.6. The third kappa shape index (κ3) is 5.94. The molecule has 0 unspecified atom stereocenters. The number of carboxylic acids is 1. The molecular weight excluding hydrogens is 437 g/mol. The zero-order chi connectivity index (χ0) is 25.4. The number of aliphatic carboxylic acids is 1. The van der Waals surface area contributed by atoms with Gasteiger partial charge in [-0.25, -0.2) is 4.39 Å². The quantitative estimate of drug-likeness (QED) is 0.500. The van der Waals surface area contributed by atoms with E-state index in [1.807, 2.05) is 0 Å². The first kappa shape index (κ1) is 19.6. The Morgan fingerprint density at radius 2 is 1.94 bits per heavy atom. The molecule has 1 saturated carbocycles. The number of carbonyl (C=O) groups excluding carboxylic acids is 1. The molecule has 5 nitrogen and oxygen atoms in total. The number of aliphatic hydroxyl groups is 2. The molecule has 0 radical (unpaired) electrons. The van der Waals surface area contributed by atoms with Crippen LogP contribution >= 0.6 is 0 Å². The van der Waals surface area contributed by atoms with Gasteiger partial charge < -0.3 is 20.1 Å². The molecule has 1 fully saturated rings. The summed E-state index contributed by atoms with van der Waals surface area (Å²) in [5.41, 5.74) is 1.96. The molecule has 1 aliphatic carbocycles. The van der Waals surface area contributed by atoms with Crippen molar-refractivity contribution in [1.29, 1.82) is 0 Å². The number of fused-ring (bicyclic) bond motifs is 1. The van der Waals surface area contributed by atoms with Crippen molar-refractivity contribution >= 4 is 60.7 Å². The smallest absolute Gasteiger partial charge is 0.550 e. The van der Waals surface area contributed by atoms with E-state index < -0.39 is 54.6 Å². The average molecular weight is 465 g/mol. The Hall–Kier alpha value is -1.83. The van der Waals surface area contributed by atoms with Gasteiger partial charge in [-0.15, -0.1) is 0 Å². The molecule has 2 aromatic carbocycles. The van der Waals surface area contributed by atoms with E-state index in [2.05, 4.69) is 0 Å². The van der Waals surface area contributed by atoms with Crippen LogP contribution in [0.25, 0.3) is 28.1 Å². The topological polar surface area (TPSA) is 93.5 Å². The number of hydrogen-bond acceptors (Lipinski definition) is 5. The van der Waals surface area contributed by atoms with Gasteiger partial charge in [0.2, 0.25) is 0 Å². The molecule has 0 saturated heterocycles. The van der Waals surface area contributed by atoms with E-state index in [1.54, 1.807) is 24.3 Å². The first-order valence-corrected chi connectivity index (χ1v) is 10.0. The van der Waals surface area contributed by atoms with Crippen LogP contribution in [-0.2, 0) is 4.79 Å². The Morgan fingerprint density at radius 3 is 2.59 bits per heavy atom. The standard InChI is InChI=1S/C25H24FNO4.Ca/c26-17-9-7-15(8-10-17)24-20-3-1-2-4-22(20)27-25(16-5-6-16)21(24)12-11-18(28)13-19(29)14-23(30)31;/h1-4,7-12,16,18-19,28-29H,5-6,13-14H2,(H,30,31);/q;+2/p-1/b12-11+;/t18-,19-;/m1./s1/i7D,8D,9D,10D;. The molecule has 1 heterocycles. The minimum Gasteiger partial charge on any atom is -0.550 e. The molecule has 2 atom stereocenters. The van der Waals surface area contributed by atoms with Gasteiger partial charge in [-0.2, -0.15) is 0 Å². The Labute approximate surface area is 221 Å². The zero-order valence-corrected chi connectivity index (χ0v) is 19.5. The number of para-hydroxylation sites is 1. The molecule has 160 valence electrons. The van der Waals surface area contributed by atoms with E-state index in [1.165, 1.54) is 12.2 Å². The van der Waals surface area contributed by atoms with Crippen LogP contribution in [0.3, 0.4) is 0 Å². The summed E-state index contributed by atoms with van der Waals surface area (Å²) in [4.78, 5) is 15.5. The van der Waals surface area contributed by atoms with Gasteiger partial charge in [0.1, 0.15) is 5.82 Å². The van der Waals surface area contributed by atoms with Gasteiger partial charge in [0.15, 0.2) is 0 Å². The number of carbonyl (C=O) groups is 1. The average Bonchev–Trinajstić information content (AvgIpc) is 3.65. The van der Waals surface area contributed by atoms with E-state index in [9.17, 15) is 24.5 Å². The summed E-state index contributed by atoms with van der Waals surface area (Å²) >= 11 is 0. The second kappa shape index (κ2) is 10.9. The third-order valence-electron chi connectivity index (χ3n) is 5.17. The molecule has 1 aromatic heterocycles. The summed E-state index contributed by atoms with van der Waals surface area (Å²) in [6, 6.07) is 4.40. The van der Waals surface area contributed by atoms with E-state index in [0.717, 1.165) is 12.8 Å². The molecule has 0 bridgehead atoms. The minimum atomic E-state index is -1.44. The third-order valence-corrected chi connectivity index (χ3v) is 5.17. The van der Waals surface area contributed by atoms with Gasteiger partial charge in [-0.3, -0.25) is 4.98 Å². The van der Waals surface area contributed by atoms with Crippen molar-refractivity contribution in [3.05, 3.63) is 71.6 Å². The molecule has 2 N–H and O–H groups in total. The maximum Gasteiger partial charge on any atom is 2.00 e. The second-order valence-corrected chi connectivity index (χ2v) is 7.66. The van der Waals surface area contributed by atoms with Gasteiger partial charge in [0, 0.05) is 41.2 Å². The monoisotopic (exact) mass is 464 g/mol. The summed E-state index contributed by atoms with van der Waals surface area (Å²) in [6.45, 7) is 0. The minimum absolute atomic E-state index is 0. The number of benzene rings is 2. The van der Waals surface area contributed by atoms with Crippen LogP contribution in [0.4, 0.5) is 4.39 Å². The van der Waals surface area contributed by atoms with Crippen molar-refractivity contribution in [2.24, 2.45) is 0 Å². The Bertz CT molecular complexity index is 1320. The fraction of sp³-hybridized carbons (Fsp3) is 0.280. The van der Waals surface area contributed by atoms with E-state index in [4.69, 9.17) is 10.5 Å². The fourth-order valence-electron chi connectivity index (χ4n) is 3.61. The van der Waals surface area contributed by atoms with Crippen LogP contribution in [0.5, 0.6) is 0 Å². The molecule has 32 heavy (non-hydrogen) atoms. The number of rotatable bonds is 8. The molecule has 0 spiro atoms. The predicted molar refractivity (Wildman–Crippen MR) is 120 cm³/mol. The summed E-state index contributed by atoms with van der Waals surface area (Å²) in [6.07, 6.45) is 1.21. The number of halogens is 1. The molecule has 7 heteroatoms. The maximum absolute atomic E-state index is 14.3. The van der Waals surface area contributed by atoms with E-state index >= 15 is 0 Å². The van der Waals surface area contributed by atoms with Crippen LogP contribution in [0.15, 0.2) is 54.5 Å². The number of aromatic nitrogens is 1. The van der Waals surface area contributed by atoms with Gasteiger partial charge in [-0.1, -0.05) is 42.4 Å². The number of aliphatic hydroxyl groups excluding tert-OH is 2. The summed E-state index contributed by atoms with van der Waals surface area (Å²) in [7, 11) is 0. The van der Waals surface area contributed by atoms with Gasteiger partial charge in [0.05, 0.1) is 28.9 Å². The molecule has 1 aliphatic rings. The van der Waals surface area contributed by atoms with Crippen LogP contribution in [0.1, 0.15) is 48.3 Å². The molecule has 0 amide bonds. The van der Waals surface area contributed by atoms with E-state index in [-0.39, 0.29) is 55.6 Å². The fourth-order valence-corrected chi connectivity index (χ4v) is 3.61. The molecular formula is C25H23CaFNO4+. The van der Waals surface area contributed by atoms with Crippen LogP contribution in [0, 0.1) is 5.82 Å². The number of pyridine rings is 1. The van der Waals surface area contributed by atoms with Crippen molar-refractivity contribution in [3.63, 3.8) is 0 Å². The van der Waals surface area contributed by atoms with Crippen molar-refractivity contribution < 1.29 is 30.0 Å². The number of hydrogen-bond donors (Lipinski definition) is 2. The SMILES string of the molecule is [2H]c1c([2H])c(-c2c(/C=C/[C@@H](O)C[C@@H](O)CC(=O)[O-])c(C3CC3)nc3ccccc23)c([2H])c([2H])c1F.[Ca+2]. The van der Waals surface area contributed by atoms with Crippen molar-refractivity contribution in [1.82, 2.24) is 4.98 Å². The normalized spacial score (nSPS) is 17.2. The summed E-state index contributed by atoms with van der Waals surface area (Å²) < 4.78 is 47.1. The van der Waals surface area contributed by atoms with Crippen LogP contribution in [0.2, 0.25) is 0 Å². The van der Waals surface area contributed by atoms with Crippen molar-refractivity contribution in [3.8, 4) is 11.1 Å². The molecule has 0 aliphatic heterocycles. The summed E-state index contributed by atoms with van der Waals surface area (Å²) in [5, 5.41) is 31.4. The number of carboxylic acid groups (broad SMARTS) is 1. The molecule has 3 aromatic rings. The van der Waals surface area contributed by atoms with Gasteiger partial charge >= 0.3 is 37.7 Å². The second-order valence-electron chi connectivity index (χ2n) is 7.66. The van der Waals surface area contributed by atoms with Gasteiger partial charge in [-0.05, 0) is 36.6 Å². The Morgan fingerprint density at radius 1 is 1.25 bits per heavy atom. The van der Waals surface area contributed by atoms with Crippen molar-refractivity contribution in [2.45, 2.75) is 43.8 Å². The first-order valence-electron chi connectivity index (χ1n) is 12.0. The summed E-state index contributed by atoms with van der Waals surface area (Å²) in [5.74, 6) is -2.59. The van der Waals surface area contributed by atoms with Crippen LogP contribution < -0.4 is 5.11 Å². The van der Waals surface area contributed by atoms with E-state index in [0.29, 0.717) is 27.7 Å². The predicted octanol–water partition coefficient (Wildman–Crippen LogP) is 2.80. The Balaban J connectivity index is 0.00000361. The molecule has 4 rings (SSSR count). The Kier molecular flexibility index (Phi) is 6.66. The zero-order valence-electron chi connectivity index (χ0n) is 21.3. The number of nitrogens with zero attached hydrogens (tertiary/aromatic N) is 1. The largest absolute Gasteiger partial charge is 2.00 e. The van der Waals surface area contributed by atoms with Gasteiger partial charge in [0.25, 0.3) is 0 Å².